The van der Waals surface area contributed by atoms with Gasteiger partial charge in [-0.15, -0.1) is 0 Å². The number of ether oxygens (including phenoxy) is 3. The second-order valence-electron chi connectivity index (χ2n) is 10.5. The minimum Gasteiger partial charge on any atom is -0.468 e. The maximum Gasteiger partial charge on any atom is 0.407 e. The Morgan fingerprint density at radius 2 is 1.91 bits per heavy atom. The Hall–Kier alpha value is -2.57. The Morgan fingerprint density at radius 1 is 1.09 bits per heavy atom. The first-order chi connectivity index (χ1) is 16.6. The molecule has 1 N–H and O–H groups in total. The van der Waals surface area contributed by atoms with Crippen molar-refractivity contribution in [2.75, 3.05) is 33.5 Å². The molecule has 1 saturated carbocycles. The second-order valence-corrected chi connectivity index (χ2v) is 10.5. The van der Waals surface area contributed by atoms with E-state index in [1.54, 1.807) is 7.11 Å². The lowest BCUT2D eigenvalue weighted by atomic mass is 9.76. The lowest BCUT2D eigenvalue weighted by Crippen LogP contribution is -2.53. The van der Waals surface area contributed by atoms with E-state index in [4.69, 9.17) is 14.2 Å². The first-order valence-corrected chi connectivity index (χ1v) is 12.7. The van der Waals surface area contributed by atoms with E-state index in [1.165, 1.54) is 29.5 Å². The van der Waals surface area contributed by atoms with Gasteiger partial charge in [-0.05, 0) is 97.3 Å². The quantitative estimate of drug-likeness (QED) is 0.617. The molecular formula is C28H34N2O4. The van der Waals surface area contributed by atoms with E-state index < -0.39 is 0 Å². The third-order valence-corrected chi connectivity index (χ3v) is 8.48. The van der Waals surface area contributed by atoms with Crippen molar-refractivity contribution < 1.29 is 19.0 Å². The van der Waals surface area contributed by atoms with Crippen molar-refractivity contribution in [3.63, 3.8) is 0 Å². The fourth-order valence-electron chi connectivity index (χ4n) is 6.30. The van der Waals surface area contributed by atoms with Crippen molar-refractivity contribution in [1.82, 2.24) is 10.2 Å². The molecule has 34 heavy (non-hydrogen) atoms. The zero-order valence-electron chi connectivity index (χ0n) is 19.9. The SMILES string of the molecule is COCOc1cccc(-c2ccc3c(c2)CCC2(CC2)C3NC(=O)O[C@H]2CN3CCC2CC3)c1. The van der Waals surface area contributed by atoms with Crippen LogP contribution in [0.2, 0.25) is 0 Å². The van der Waals surface area contributed by atoms with Gasteiger partial charge in [0.1, 0.15) is 11.9 Å². The average Bonchev–Trinajstić information content (AvgIpc) is 3.65. The monoisotopic (exact) mass is 462 g/mol. The summed E-state index contributed by atoms with van der Waals surface area (Å²) in [6.07, 6.45) is 6.62. The van der Waals surface area contributed by atoms with Crippen LogP contribution in [0.3, 0.4) is 0 Å². The number of fused-ring (bicyclic) bond motifs is 4. The summed E-state index contributed by atoms with van der Waals surface area (Å²) in [6.45, 7) is 3.42. The van der Waals surface area contributed by atoms with Crippen LogP contribution in [0, 0.1) is 11.3 Å². The molecular weight excluding hydrogens is 428 g/mol. The normalized spacial score (nSPS) is 28.3. The van der Waals surface area contributed by atoms with E-state index in [-0.39, 0.29) is 30.4 Å². The van der Waals surface area contributed by atoms with Crippen molar-refractivity contribution in [3.8, 4) is 16.9 Å². The number of amides is 1. The molecule has 3 heterocycles. The lowest BCUT2D eigenvalue weighted by molar-refractivity contribution is -0.0347. The molecule has 2 aliphatic carbocycles. The first-order valence-electron chi connectivity index (χ1n) is 12.7. The number of nitrogens with zero attached hydrogens (tertiary/aromatic N) is 1. The largest absolute Gasteiger partial charge is 0.468 e. The lowest BCUT2D eigenvalue weighted by Gasteiger charge is -2.44. The van der Waals surface area contributed by atoms with E-state index in [1.807, 2.05) is 18.2 Å². The van der Waals surface area contributed by atoms with E-state index >= 15 is 0 Å². The van der Waals surface area contributed by atoms with E-state index in [9.17, 15) is 4.79 Å². The summed E-state index contributed by atoms with van der Waals surface area (Å²) in [4.78, 5) is 15.4. The summed E-state index contributed by atoms with van der Waals surface area (Å²) in [7, 11) is 1.62. The minimum atomic E-state index is -0.241. The molecule has 2 aromatic carbocycles. The number of alkyl carbamates (subject to hydrolysis) is 1. The predicted molar refractivity (Wildman–Crippen MR) is 130 cm³/mol. The summed E-state index contributed by atoms with van der Waals surface area (Å²) in [6, 6.07) is 14.8. The predicted octanol–water partition coefficient (Wildman–Crippen LogP) is 4.92. The van der Waals surface area contributed by atoms with Crippen molar-refractivity contribution in [2.45, 2.75) is 50.7 Å². The standard InChI is InChI=1S/C28H34N2O4/c1-32-18-33-23-4-2-3-20(16-23)21-5-6-24-22(15-21)7-10-28(11-12-28)26(24)29-27(31)34-25-17-30-13-8-19(25)9-14-30/h2-6,15-16,19,25-26H,7-14,17-18H2,1H3,(H,29,31)/t25-,26?/m0/s1. The van der Waals surface area contributed by atoms with Gasteiger partial charge in [0.05, 0.1) is 6.04 Å². The van der Waals surface area contributed by atoms with Crippen LogP contribution in [0.15, 0.2) is 42.5 Å². The Kier molecular flexibility index (Phi) is 5.74. The van der Waals surface area contributed by atoms with Crippen LogP contribution >= 0.6 is 0 Å². The van der Waals surface area contributed by atoms with Crippen LogP contribution in [0.1, 0.15) is 49.3 Å². The molecule has 7 rings (SSSR count). The third kappa shape index (κ3) is 4.18. The van der Waals surface area contributed by atoms with Gasteiger partial charge in [-0.1, -0.05) is 30.3 Å². The second kappa shape index (κ2) is 8.90. The number of piperidine rings is 3. The number of aryl methyl sites for hydroxylation is 1. The van der Waals surface area contributed by atoms with Crippen LogP contribution in [0.25, 0.3) is 11.1 Å². The van der Waals surface area contributed by atoms with Gasteiger partial charge < -0.3 is 19.5 Å². The maximum atomic E-state index is 13.0. The number of carbonyl (C=O) groups excluding carboxylic acids is 1. The number of hydrogen-bond acceptors (Lipinski definition) is 5. The van der Waals surface area contributed by atoms with E-state index in [2.05, 4.69) is 34.5 Å². The molecule has 2 atom stereocenters. The number of benzene rings is 2. The summed E-state index contributed by atoms with van der Waals surface area (Å²) in [5.41, 5.74) is 5.07. The number of nitrogens with one attached hydrogen (secondary N) is 1. The average molecular weight is 463 g/mol. The summed E-state index contributed by atoms with van der Waals surface area (Å²) in [5, 5.41) is 3.31. The van der Waals surface area contributed by atoms with Crippen LogP contribution in [-0.2, 0) is 15.9 Å². The van der Waals surface area contributed by atoms with Crippen molar-refractivity contribution in [3.05, 3.63) is 53.6 Å². The van der Waals surface area contributed by atoms with Crippen molar-refractivity contribution >= 4 is 6.09 Å². The van der Waals surface area contributed by atoms with Gasteiger partial charge in [0.25, 0.3) is 0 Å². The summed E-state index contributed by atoms with van der Waals surface area (Å²) >= 11 is 0. The van der Waals surface area contributed by atoms with Gasteiger partial charge in [0.15, 0.2) is 6.79 Å². The molecule has 2 aromatic rings. The van der Waals surface area contributed by atoms with Crippen molar-refractivity contribution in [2.24, 2.45) is 11.3 Å². The van der Waals surface area contributed by atoms with E-state index in [0.29, 0.717) is 5.92 Å². The number of carbonyl (C=O) groups is 1. The molecule has 1 spiro atoms. The van der Waals surface area contributed by atoms with Crippen LogP contribution in [0.4, 0.5) is 4.79 Å². The number of methoxy groups -OCH3 is 1. The third-order valence-electron chi connectivity index (χ3n) is 8.48. The van der Waals surface area contributed by atoms with Gasteiger partial charge in [-0.2, -0.15) is 0 Å². The fourth-order valence-corrected chi connectivity index (χ4v) is 6.30. The molecule has 1 unspecified atom stereocenters. The Morgan fingerprint density at radius 3 is 2.65 bits per heavy atom. The first kappa shape index (κ1) is 21.9. The highest BCUT2D eigenvalue weighted by atomic mass is 16.7. The highest BCUT2D eigenvalue weighted by Gasteiger charge is 2.53. The van der Waals surface area contributed by atoms with E-state index in [0.717, 1.165) is 56.6 Å². The van der Waals surface area contributed by atoms with Gasteiger partial charge in [0.2, 0.25) is 0 Å². The molecule has 0 radical (unpaired) electrons. The smallest absolute Gasteiger partial charge is 0.407 e. The van der Waals surface area contributed by atoms with Crippen molar-refractivity contribution in [1.29, 1.82) is 0 Å². The molecule has 180 valence electrons. The fraction of sp³-hybridized carbons (Fsp3) is 0.536. The van der Waals surface area contributed by atoms with Crippen LogP contribution in [0.5, 0.6) is 5.75 Å². The molecule has 5 aliphatic rings. The summed E-state index contributed by atoms with van der Waals surface area (Å²) in [5.74, 6) is 1.32. The topological polar surface area (TPSA) is 60.0 Å². The highest BCUT2D eigenvalue weighted by molar-refractivity contribution is 5.70. The molecule has 4 fully saturated rings. The zero-order chi connectivity index (χ0) is 23.1. The van der Waals surface area contributed by atoms with Gasteiger partial charge in [-0.25, -0.2) is 4.79 Å². The molecule has 1 amide bonds. The molecule has 2 bridgehead atoms. The van der Waals surface area contributed by atoms with Crippen LogP contribution in [-0.4, -0.2) is 50.6 Å². The van der Waals surface area contributed by atoms with Gasteiger partial charge in [-0.3, -0.25) is 4.90 Å². The number of hydrogen-bond donors (Lipinski definition) is 1. The van der Waals surface area contributed by atoms with Gasteiger partial charge >= 0.3 is 6.09 Å². The van der Waals surface area contributed by atoms with Gasteiger partial charge in [0, 0.05) is 13.7 Å². The summed E-state index contributed by atoms with van der Waals surface area (Å²) < 4.78 is 16.6. The molecule has 3 saturated heterocycles. The maximum absolute atomic E-state index is 13.0. The molecule has 3 aliphatic heterocycles. The minimum absolute atomic E-state index is 0.0373. The zero-order valence-corrected chi connectivity index (χ0v) is 19.9. The molecule has 6 nitrogen and oxygen atoms in total. The molecule has 0 aromatic heterocycles. The highest BCUT2D eigenvalue weighted by Crippen LogP contribution is 2.61. The van der Waals surface area contributed by atoms with Crippen LogP contribution < -0.4 is 10.1 Å². The number of rotatable bonds is 6. The Bertz CT molecular complexity index is 1060. The molecule has 6 heteroatoms. The Balaban J connectivity index is 1.20. The Labute approximate surface area is 201 Å².